The largest absolute Gasteiger partial charge is 0.465 e. The number of hydrogen-bond acceptors (Lipinski definition) is 3. The SMILES string of the molecule is CCCCN1[C@H](C(=O)OCC)[C@@H]1c1ccccc1. The molecule has 0 aromatic heterocycles. The van der Waals surface area contributed by atoms with Gasteiger partial charge in [-0.1, -0.05) is 43.7 Å². The van der Waals surface area contributed by atoms with E-state index in [-0.39, 0.29) is 18.1 Å². The molecule has 0 amide bonds. The third-order valence-electron chi connectivity index (χ3n) is 3.36. The molecule has 1 aliphatic heterocycles. The normalized spacial score (nSPS) is 25.8. The first kappa shape index (κ1) is 13.1. The monoisotopic (exact) mass is 247 g/mol. The number of nitrogens with zero attached hydrogens (tertiary/aromatic N) is 1. The Morgan fingerprint density at radius 2 is 2.00 bits per heavy atom. The van der Waals surface area contributed by atoms with Gasteiger partial charge in [0.1, 0.15) is 6.04 Å². The molecule has 0 N–H and O–H groups in total. The minimum absolute atomic E-state index is 0.0705. The highest BCUT2D eigenvalue weighted by Crippen LogP contribution is 2.43. The second-order valence-electron chi connectivity index (χ2n) is 4.64. The molecule has 0 spiro atoms. The summed E-state index contributed by atoms with van der Waals surface area (Å²) in [6.07, 6.45) is 2.27. The van der Waals surface area contributed by atoms with E-state index < -0.39 is 0 Å². The van der Waals surface area contributed by atoms with Crippen molar-refractivity contribution in [3.05, 3.63) is 35.9 Å². The fourth-order valence-electron chi connectivity index (χ4n) is 2.41. The van der Waals surface area contributed by atoms with E-state index in [4.69, 9.17) is 4.74 Å². The first-order valence-corrected chi connectivity index (χ1v) is 6.77. The highest BCUT2D eigenvalue weighted by molar-refractivity contribution is 5.80. The lowest BCUT2D eigenvalue weighted by molar-refractivity contribution is -0.143. The Balaban J connectivity index is 2.05. The molecule has 1 aromatic carbocycles. The van der Waals surface area contributed by atoms with Gasteiger partial charge < -0.3 is 4.74 Å². The van der Waals surface area contributed by atoms with Crippen molar-refractivity contribution in [2.45, 2.75) is 38.8 Å². The van der Waals surface area contributed by atoms with Gasteiger partial charge in [-0.2, -0.15) is 0 Å². The quantitative estimate of drug-likeness (QED) is 0.572. The topological polar surface area (TPSA) is 29.3 Å². The number of carbonyl (C=O) groups is 1. The average molecular weight is 247 g/mol. The van der Waals surface area contributed by atoms with Gasteiger partial charge >= 0.3 is 5.97 Å². The first-order valence-electron chi connectivity index (χ1n) is 6.77. The van der Waals surface area contributed by atoms with Crippen molar-refractivity contribution in [2.24, 2.45) is 0 Å². The number of esters is 1. The standard InChI is InChI=1S/C15H21NO2/c1-3-5-11-16-13(12-9-7-6-8-10-12)14(16)15(17)18-4-2/h6-10,13-14H,3-5,11H2,1-2H3/t13-,14-,16?/m0/s1. The zero-order valence-corrected chi connectivity index (χ0v) is 11.1. The van der Waals surface area contributed by atoms with Crippen LogP contribution in [0.3, 0.4) is 0 Å². The van der Waals surface area contributed by atoms with Crippen LogP contribution in [0, 0.1) is 0 Å². The number of rotatable bonds is 6. The van der Waals surface area contributed by atoms with Gasteiger partial charge in [0.15, 0.2) is 0 Å². The van der Waals surface area contributed by atoms with E-state index in [1.54, 1.807) is 0 Å². The van der Waals surface area contributed by atoms with Crippen molar-refractivity contribution in [2.75, 3.05) is 13.2 Å². The number of carbonyl (C=O) groups excluding carboxylic acids is 1. The molecule has 0 radical (unpaired) electrons. The van der Waals surface area contributed by atoms with E-state index >= 15 is 0 Å². The van der Waals surface area contributed by atoms with E-state index in [1.165, 1.54) is 5.56 Å². The van der Waals surface area contributed by atoms with Crippen LogP contribution in [0.1, 0.15) is 38.3 Å². The molecule has 1 aromatic rings. The van der Waals surface area contributed by atoms with Crippen LogP contribution in [-0.2, 0) is 9.53 Å². The van der Waals surface area contributed by atoms with Gasteiger partial charge in [0, 0.05) is 0 Å². The van der Waals surface area contributed by atoms with Crippen molar-refractivity contribution < 1.29 is 9.53 Å². The Morgan fingerprint density at radius 1 is 1.28 bits per heavy atom. The Kier molecular flexibility index (Phi) is 4.37. The molecule has 3 atom stereocenters. The lowest BCUT2D eigenvalue weighted by Crippen LogP contribution is -2.16. The molecule has 1 aliphatic rings. The number of ether oxygens (including phenoxy) is 1. The molecule has 1 heterocycles. The summed E-state index contributed by atoms with van der Waals surface area (Å²) in [6.45, 7) is 5.45. The first-order chi connectivity index (χ1) is 8.79. The van der Waals surface area contributed by atoms with Crippen molar-refractivity contribution in [3.63, 3.8) is 0 Å². The van der Waals surface area contributed by atoms with Crippen LogP contribution in [0.25, 0.3) is 0 Å². The Hall–Kier alpha value is -1.35. The molecule has 2 rings (SSSR count). The fraction of sp³-hybridized carbons (Fsp3) is 0.533. The fourth-order valence-corrected chi connectivity index (χ4v) is 2.41. The summed E-state index contributed by atoms with van der Waals surface area (Å²) in [5, 5.41) is 0. The van der Waals surface area contributed by atoms with Crippen LogP contribution >= 0.6 is 0 Å². The summed E-state index contributed by atoms with van der Waals surface area (Å²) < 4.78 is 5.15. The molecule has 0 saturated carbocycles. The summed E-state index contributed by atoms with van der Waals surface area (Å²) in [5.74, 6) is -0.0811. The molecule has 1 fully saturated rings. The Morgan fingerprint density at radius 3 is 2.61 bits per heavy atom. The van der Waals surface area contributed by atoms with E-state index in [2.05, 4.69) is 24.0 Å². The molecule has 18 heavy (non-hydrogen) atoms. The second-order valence-corrected chi connectivity index (χ2v) is 4.64. The van der Waals surface area contributed by atoms with Gasteiger partial charge in [0.05, 0.1) is 12.6 Å². The zero-order valence-electron chi connectivity index (χ0n) is 11.1. The van der Waals surface area contributed by atoms with E-state index in [0.717, 1.165) is 19.4 Å². The zero-order chi connectivity index (χ0) is 13.0. The summed E-state index contributed by atoms with van der Waals surface area (Å²) in [7, 11) is 0. The molecule has 0 aliphatic carbocycles. The van der Waals surface area contributed by atoms with Crippen LogP contribution < -0.4 is 0 Å². The van der Waals surface area contributed by atoms with Crippen molar-refractivity contribution in [3.8, 4) is 0 Å². The highest BCUT2D eigenvalue weighted by atomic mass is 16.5. The Labute approximate surface area is 109 Å². The Bertz CT molecular complexity index is 391. The third kappa shape index (κ3) is 2.72. The van der Waals surface area contributed by atoms with Gasteiger partial charge in [-0.15, -0.1) is 0 Å². The van der Waals surface area contributed by atoms with Gasteiger partial charge in [-0.05, 0) is 25.5 Å². The predicted octanol–water partition coefficient (Wildman–Crippen LogP) is 2.78. The van der Waals surface area contributed by atoms with Crippen molar-refractivity contribution in [1.82, 2.24) is 4.90 Å². The lowest BCUT2D eigenvalue weighted by Gasteiger charge is -2.02. The summed E-state index contributed by atoms with van der Waals surface area (Å²) in [5.41, 5.74) is 1.21. The van der Waals surface area contributed by atoms with Crippen LogP contribution in [0.15, 0.2) is 30.3 Å². The van der Waals surface area contributed by atoms with Gasteiger partial charge in [0.2, 0.25) is 0 Å². The van der Waals surface area contributed by atoms with E-state index in [1.807, 2.05) is 25.1 Å². The van der Waals surface area contributed by atoms with Crippen LogP contribution in [0.4, 0.5) is 0 Å². The number of benzene rings is 1. The molecule has 0 bridgehead atoms. The second kappa shape index (κ2) is 6.01. The predicted molar refractivity (Wildman–Crippen MR) is 71.2 cm³/mol. The average Bonchev–Trinajstić information content (AvgIpc) is 3.12. The minimum atomic E-state index is -0.0811. The molecule has 1 unspecified atom stereocenters. The van der Waals surface area contributed by atoms with E-state index in [9.17, 15) is 4.79 Å². The lowest BCUT2D eigenvalue weighted by atomic mass is 10.1. The third-order valence-corrected chi connectivity index (χ3v) is 3.36. The van der Waals surface area contributed by atoms with Gasteiger partial charge in [0.25, 0.3) is 0 Å². The molecule has 1 saturated heterocycles. The number of unbranched alkanes of at least 4 members (excludes halogenated alkanes) is 1. The summed E-state index contributed by atoms with van der Waals surface area (Å²) in [6, 6.07) is 10.4. The molecular formula is C15H21NO2. The minimum Gasteiger partial charge on any atom is -0.465 e. The van der Waals surface area contributed by atoms with Crippen LogP contribution in [0.5, 0.6) is 0 Å². The maximum Gasteiger partial charge on any atom is 0.325 e. The highest BCUT2D eigenvalue weighted by Gasteiger charge is 2.53. The summed E-state index contributed by atoms with van der Waals surface area (Å²) >= 11 is 0. The van der Waals surface area contributed by atoms with Crippen molar-refractivity contribution in [1.29, 1.82) is 0 Å². The number of hydrogen-bond donors (Lipinski definition) is 0. The molecule has 98 valence electrons. The van der Waals surface area contributed by atoms with Crippen LogP contribution in [0.2, 0.25) is 0 Å². The molecule has 3 heteroatoms. The molecular weight excluding hydrogens is 226 g/mol. The maximum absolute atomic E-state index is 11.9. The summed E-state index contributed by atoms with van der Waals surface area (Å²) in [4.78, 5) is 14.1. The van der Waals surface area contributed by atoms with Crippen molar-refractivity contribution >= 4 is 5.97 Å². The van der Waals surface area contributed by atoms with E-state index in [0.29, 0.717) is 6.61 Å². The van der Waals surface area contributed by atoms with Crippen LogP contribution in [-0.4, -0.2) is 30.1 Å². The smallest absolute Gasteiger partial charge is 0.325 e. The maximum atomic E-state index is 11.9. The van der Waals surface area contributed by atoms with Gasteiger partial charge in [-0.3, -0.25) is 9.69 Å². The van der Waals surface area contributed by atoms with Gasteiger partial charge in [-0.25, -0.2) is 0 Å². The molecule has 3 nitrogen and oxygen atoms in total.